The van der Waals surface area contributed by atoms with Crippen molar-refractivity contribution in [2.75, 3.05) is 25.5 Å². The van der Waals surface area contributed by atoms with E-state index < -0.39 is 0 Å². The summed E-state index contributed by atoms with van der Waals surface area (Å²) in [6.07, 6.45) is 9.69. The minimum absolute atomic E-state index is 0.532. The van der Waals surface area contributed by atoms with E-state index in [0.717, 1.165) is 12.5 Å². The Bertz CT molecular complexity index is 391. The summed E-state index contributed by atoms with van der Waals surface area (Å²) in [7, 11) is 4.20. The highest BCUT2D eigenvalue weighted by atomic mass is 15.1. The lowest BCUT2D eigenvalue weighted by Gasteiger charge is -2.28. The average Bonchev–Trinajstić information content (AvgIpc) is 2.52. The zero-order valence-corrected chi connectivity index (χ0v) is 14.1. The average molecular weight is 288 g/mol. The van der Waals surface area contributed by atoms with Gasteiger partial charge in [0, 0.05) is 25.8 Å². The molecule has 1 atom stereocenters. The van der Waals surface area contributed by atoms with Crippen LogP contribution in [-0.4, -0.2) is 20.6 Å². The predicted octanol–water partition coefficient (Wildman–Crippen LogP) is 4.76. The van der Waals surface area contributed by atoms with Gasteiger partial charge in [0.2, 0.25) is 0 Å². The van der Waals surface area contributed by atoms with E-state index in [-0.39, 0.29) is 0 Å². The van der Waals surface area contributed by atoms with Gasteiger partial charge in [-0.2, -0.15) is 0 Å². The molecule has 21 heavy (non-hydrogen) atoms. The third kappa shape index (κ3) is 5.03. The van der Waals surface area contributed by atoms with Gasteiger partial charge in [0.25, 0.3) is 0 Å². The van der Waals surface area contributed by atoms with E-state index in [1.807, 2.05) is 0 Å². The fraction of sp³-hybridized carbons (Fsp3) is 0.684. The van der Waals surface area contributed by atoms with Crippen LogP contribution < -0.4 is 10.2 Å². The number of nitrogens with one attached hydrogen (secondary N) is 1. The second kappa shape index (κ2) is 8.43. The molecule has 1 aliphatic rings. The van der Waals surface area contributed by atoms with Gasteiger partial charge in [0.05, 0.1) is 0 Å². The van der Waals surface area contributed by atoms with Crippen LogP contribution in [0.5, 0.6) is 0 Å². The van der Waals surface area contributed by atoms with E-state index in [1.165, 1.54) is 56.2 Å². The summed E-state index contributed by atoms with van der Waals surface area (Å²) in [4.78, 5) is 2.17. The van der Waals surface area contributed by atoms with Crippen molar-refractivity contribution in [2.24, 2.45) is 5.92 Å². The summed E-state index contributed by atoms with van der Waals surface area (Å²) in [6, 6.07) is 9.65. The molecule has 0 aliphatic heterocycles. The SMILES string of the molecule is CCCNC(CC1CCCCC1)c1ccc(N(C)C)cc1. The van der Waals surface area contributed by atoms with E-state index in [1.54, 1.807) is 0 Å². The van der Waals surface area contributed by atoms with E-state index in [9.17, 15) is 0 Å². The molecule has 1 unspecified atom stereocenters. The summed E-state index contributed by atoms with van der Waals surface area (Å²) >= 11 is 0. The topological polar surface area (TPSA) is 15.3 Å². The largest absolute Gasteiger partial charge is 0.378 e. The number of nitrogens with zero attached hydrogens (tertiary/aromatic N) is 1. The van der Waals surface area contributed by atoms with Crippen LogP contribution in [-0.2, 0) is 0 Å². The van der Waals surface area contributed by atoms with Crippen LogP contribution in [0.1, 0.15) is 63.5 Å². The van der Waals surface area contributed by atoms with Gasteiger partial charge < -0.3 is 10.2 Å². The van der Waals surface area contributed by atoms with Crippen molar-refractivity contribution in [1.29, 1.82) is 0 Å². The number of rotatable bonds is 7. The molecule has 1 saturated carbocycles. The zero-order valence-electron chi connectivity index (χ0n) is 14.1. The molecular weight excluding hydrogens is 256 g/mol. The summed E-state index contributed by atoms with van der Waals surface area (Å²) in [5, 5.41) is 3.77. The lowest BCUT2D eigenvalue weighted by molar-refractivity contribution is 0.300. The zero-order chi connectivity index (χ0) is 15.1. The van der Waals surface area contributed by atoms with E-state index in [2.05, 4.69) is 55.5 Å². The molecule has 2 nitrogen and oxygen atoms in total. The molecule has 0 heterocycles. The maximum absolute atomic E-state index is 3.77. The van der Waals surface area contributed by atoms with Gasteiger partial charge in [-0.05, 0) is 43.0 Å². The van der Waals surface area contributed by atoms with Crippen LogP contribution in [0.4, 0.5) is 5.69 Å². The van der Waals surface area contributed by atoms with Gasteiger partial charge in [-0.1, -0.05) is 51.2 Å². The third-order valence-electron chi connectivity index (χ3n) is 4.75. The second-order valence-electron chi connectivity index (χ2n) is 6.73. The maximum Gasteiger partial charge on any atom is 0.0361 e. The van der Waals surface area contributed by atoms with Gasteiger partial charge in [0.15, 0.2) is 0 Å². The Balaban J connectivity index is 2.02. The molecule has 2 rings (SSSR count). The van der Waals surface area contributed by atoms with Gasteiger partial charge in [-0.15, -0.1) is 0 Å². The monoisotopic (exact) mass is 288 g/mol. The Morgan fingerprint density at radius 1 is 1.10 bits per heavy atom. The number of anilines is 1. The highest BCUT2D eigenvalue weighted by Gasteiger charge is 2.19. The van der Waals surface area contributed by atoms with Crippen molar-refractivity contribution >= 4 is 5.69 Å². The van der Waals surface area contributed by atoms with Crippen molar-refractivity contribution < 1.29 is 0 Å². The van der Waals surface area contributed by atoms with E-state index in [0.29, 0.717) is 6.04 Å². The lowest BCUT2D eigenvalue weighted by Crippen LogP contribution is -2.25. The second-order valence-corrected chi connectivity index (χ2v) is 6.73. The Kier molecular flexibility index (Phi) is 6.56. The molecule has 2 heteroatoms. The molecule has 0 aromatic heterocycles. The van der Waals surface area contributed by atoms with Crippen molar-refractivity contribution in [1.82, 2.24) is 5.32 Å². The Labute approximate surface area is 130 Å². The first-order valence-electron chi connectivity index (χ1n) is 8.71. The van der Waals surface area contributed by atoms with Gasteiger partial charge in [-0.25, -0.2) is 0 Å². The molecule has 1 N–H and O–H groups in total. The summed E-state index contributed by atoms with van der Waals surface area (Å²) in [6.45, 7) is 3.37. The first-order valence-corrected chi connectivity index (χ1v) is 8.71. The van der Waals surface area contributed by atoms with Crippen LogP contribution in [0, 0.1) is 5.92 Å². The molecule has 1 fully saturated rings. The highest BCUT2D eigenvalue weighted by Crippen LogP contribution is 2.32. The van der Waals surface area contributed by atoms with Gasteiger partial charge in [-0.3, -0.25) is 0 Å². The minimum atomic E-state index is 0.532. The quantitative estimate of drug-likeness (QED) is 0.778. The van der Waals surface area contributed by atoms with Crippen molar-refractivity contribution in [3.8, 4) is 0 Å². The van der Waals surface area contributed by atoms with Crippen LogP contribution in [0.3, 0.4) is 0 Å². The number of benzene rings is 1. The van der Waals surface area contributed by atoms with Gasteiger partial charge >= 0.3 is 0 Å². The smallest absolute Gasteiger partial charge is 0.0361 e. The number of hydrogen-bond acceptors (Lipinski definition) is 2. The van der Waals surface area contributed by atoms with E-state index >= 15 is 0 Å². The summed E-state index contributed by atoms with van der Waals surface area (Å²) < 4.78 is 0. The number of hydrogen-bond donors (Lipinski definition) is 1. The minimum Gasteiger partial charge on any atom is -0.378 e. The van der Waals surface area contributed by atoms with Crippen LogP contribution in [0.25, 0.3) is 0 Å². The normalized spacial score (nSPS) is 17.7. The standard InChI is InChI=1S/C19H32N2/c1-4-14-20-19(15-16-8-6-5-7-9-16)17-10-12-18(13-11-17)21(2)3/h10-13,16,19-20H,4-9,14-15H2,1-3H3. The molecule has 0 radical (unpaired) electrons. The maximum atomic E-state index is 3.77. The van der Waals surface area contributed by atoms with Crippen molar-refractivity contribution in [3.05, 3.63) is 29.8 Å². The Morgan fingerprint density at radius 3 is 2.33 bits per heavy atom. The molecule has 1 aromatic carbocycles. The molecule has 0 bridgehead atoms. The molecule has 118 valence electrons. The van der Waals surface area contributed by atoms with E-state index in [4.69, 9.17) is 0 Å². The molecule has 1 aromatic rings. The molecule has 0 amide bonds. The molecule has 0 saturated heterocycles. The third-order valence-corrected chi connectivity index (χ3v) is 4.75. The summed E-state index contributed by atoms with van der Waals surface area (Å²) in [5.74, 6) is 0.918. The first kappa shape index (κ1) is 16.4. The Hall–Kier alpha value is -1.02. The molecular formula is C19H32N2. The van der Waals surface area contributed by atoms with Gasteiger partial charge in [0.1, 0.15) is 0 Å². The predicted molar refractivity (Wildman–Crippen MR) is 93.0 cm³/mol. The first-order chi connectivity index (χ1) is 10.2. The van der Waals surface area contributed by atoms with Crippen molar-refractivity contribution in [2.45, 2.75) is 57.9 Å². The fourth-order valence-electron chi connectivity index (χ4n) is 3.42. The summed E-state index contributed by atoms with van der Waals surface area (Å²) in [5.41, 5.74) is 2.74. The lowest BCUT2D eigenvalue weighted by atomic mass is 9.83. The Morgan fingerprint density at radius 2 is 1.76 bits per heavy atom. The van der Waals surface area contributed by atoms with Crippen molar-refractivity contribution in [3.63, 3.8) is 0 Å². The van der Waals surface area contributed by atoms with Crippen LogP contribution in [0.15, 0.2) is 24.3 Å². The highest BCUT2D eigenvalue weighted by molar-refractivity contribution is 5.46. The fourth-order valence-corrected chi connectivity index (χ4v) is 3.42. The van der Waals surface area contributed by atoms with Crippen LogP contribution in [0.2, 0.25) is 0 Å². The molecule has 1 aliphatic carbocycles. The molecule has 0 spiro atoms. The van der Waals surface area contributed by atoms with Crippen LogP contribution >= 0.6 is 0 Å².